The molecule has 5 nitrogen and oxygen atoms in total. The van der Waals surface area contributed by atoms with Crippen LogP contribution in [0.25, 0.3) is 11.1 Å². The number of amides is 2. The van der Waals surface area contributed by atoms with Crippen LogP contribution in [0.3, 0.4) is 0 Å². The van der Waals surface area contributed by atoms with Crippen molar-refractivity contribution in [3.63, 3.8) is 0 Å². The lowest BCUT2D eigenvalue weighted by Crippen LogP contribution is -2.45. The van der Waals surface area contributed by atoms with Gasteiger partial charge >= 0.3 is 6.09 Å². The highest BCUT2D eigenvalue weighted by Gasteiger charge is 2.36. The molecular weight excluding hydrogens is 328 g/mol. The van der Waals surface area contributed by atoms with E-state index in [2.05, 4.69) is 29.6 Å². The SMILES string of the molecule is CNC(=O)C1CCCN1C(=O)OCC1c2ccccc2-c2ccccc21. The molecule has 1 heterocycles. The van der Waals surface area contributed by atoms with Gasteiger partial charge in [0.25, 0.3) is 0 Å². The van der Waals surface area contributed by atoms with Crippen molar-refractivity contribution in [2.24, 2.45) is 0 Å². The Morgan fingerprint density at radius 1 is 1.08 bits per heavy atom. The summed E-state index contributed by atoms with van der Waals surface area (Å²) in [6.45, 7) is 0.846. The molecule has 134 valence electrons. The number of nitrogens with one attached hydrogen (secondary N) is 1. The van der Waals surface area contributed by atoms with E-state index in [0.717, 1.165) is 6.42 Å². The average molecular weight is 350 g/mol. The third kappa shape index (κ3) is 2.73. The lowest BCUT2D eigenvalue weighted by atomic mass is 9.98. The molecule has 26 heavy (non-hydrogen) atoms. The Balaban J connectivity index is 1.51. The van der Waals surface area contributed by atoms with Gasteiger partial charge in [-0.2, -0.15) is 0 Å². The Morgan fingerprint density at radius 3 is 2.31 bits per heavy atom. The first kappa shape index (κ1) is 16.6. The van der Waals surface area contributed by atoms with Crippen molar-refractivity contribution >= 4 is 12.0 Å². The summed E-state index contributed by atoms with van der Waals surface area (Å²) in [4.78, 5) is 26.1. The predicted molar refractivity (Wildman–Crippen MR) is 98.9 cm³/mol. The van der Waals surface area contributed by atoms with Gasteiger partial charge in [-0.05, 0) is 35.1 Å². The van der Waals surface area contributed by atoms with Gasteiger partial charge in [0.2, 0.25) is 5.91 Å². The molecule has 2 aromatic carbocycles. The van der Waals surface area contributed by atoms with Gasteiger partial charge in [-0.3, -0.25) is 9.69 Å². The minimum absolute atomic E-state index is 0.0346. The van der Waals surface area contributed by atoms with Crippen molar-refractivity contribution in [2.45, 2.75) is 24.8 Å². The number of carbonyl (C=O) groups excluding carboxylic acids is 2. The minimum Gasteiger partial charge on any atom is -0.448 e. The van der Waals surface area contributed by atoms with Crippen LogP contribution in [0.1, 0.15) is 29.9 Å². The van der Waals surface area contributed by atoms with E-state index in [4.69, 9.17) is 4.74 Å². The zero-order valence-electron chi connectivity index (χ0n) is 14.8. The lowest BCUT2D eigenvalue weighted by Gasteiger charge is -2.24. The summed E-state index contributed by atoms with van der Waals surface area (Å²) in [6.07, 6.45) is 1.10. The van der Waals surface area contributed by atoms with E-state index >= 15 is 0 Å². The van der Waals surface area contributed by atoms with E-state index in [1.165, 1.54) is 22.3 Å². The molecule has 1 fully saturated rings. The number of benzene rings is 2. The second-order valence-electron chi connectivity index (χ2n) is 6.77. The molecule has 1 aliphatic heterocycles. The van der Waals surface area contributed by atoms with Gasteiger partial charge in [-0.1, -0.05) is 48.5 Å². The number of likely N-dealkylation sites (N-methyl/N-ethyl adjacent to an activating group) is 1. The molecule has 1 saturated heterocycles. The quantitative estimate of drug-likeness (QED) is 0.925. The highest BCUT2D eigenvalue weighted by atomic mass is 16.6. The molecule has 1 atom stereocenters. The van der Waals surface area contributed by atoms with Crippen molar-refractivity contribution in [3.05, 3.63) is 59.7 Å². The Hall–Kier alpha value is -2.82. The number of rotatable bonds is 3. The van der Waals surface area contributed by atoms with Crippen LogP contribution in [0.15, 0.2) is 48.5 Å². The van der Waals surface area contributed by atoms with Gasteiger partial charge in [0.05, 0.1) is 0 Å². The smallest absolute Gasteiger partial charge is 0.410 e. The fourth-order valence-corrected chi connectivity index (χ4v) is 4.10. The first-order chi connectivity index (χ1) is 12.7. The zero-order chi connectivity index (χ0) is 18.1. The largest absolute Gasteiger partial charge is 0.448 e. The maximum absolute atomic E-state index is 12.6. The standard InChI is InChI=1S/C21H22N2O3/c1-22-20(24)19-11-6-12-23(19)21(25)26-13-18-16-9-4-2-7-14(16)15-8-3-5-10-17(15)18/h2-5,7-10,18-19H,6,11-13H2,1H3,(H,22,24). The number of hydrogen-bond donors (Lipinski definition) is 1. The van der Waals surface area contributed by atoms with Crippen molar-refractivity contribution in [1.82, 2.24) is 10.2 Å². The van der Waals surface area contributed by atoms with Crippen LogP contribution >= 0.6 is 0 Å². The molecule has 1 aliphatic carbocycles. The van der Waals surface area contributed by atoms with E-state index in [1.54, 1.807) is 11.9 Å². The first-order valence-electron chi connectivity index (χ1n) is 9.04. The van der Waals surface area contributed by atoms with E-state index in [9.17, 15) is 9.59 Å². The average Bonchev–Trinajstić information content (AvgIpc) is 3.29. The monoisotopic (exact) mass is 350 g/mol. The van der Waals surface area contributed by atoms with Gasteiger partial charge in [0.1, 0.15) is 12.6 Å². The molecule has 0 aromatic heterocycles. The molecule has 2 aliphatic rings. The third-order valence-electron chi connectivity index (χ3n) is 5.37. The number of hydrogen-bond acceptors (Lipinski definition) is 3. The highest BCUT2D eigenvalue weighted by Crippen LogP contribution is 2.44. The van der Waals surface area contributed by atoms with Crippen molar-refractivity contribution < 1.29 is 14.3 Å². The first-order valence-corrected chi connectivity index (χ1v) is 9.04. The fraction of sp³-hybridized carbons (Fsp3) is 0.333. The van der Waals surface area contributed by atoms with Crippen molar-refractivity contribution in [2.75, 3.05) is 20.2 Å². The maximum atomic E-state index is 12.6. The molecule has 1 N–H and O–H groups in total. The minimum atomic E-state index is -0.421. The van der Waals surface area contributed by atoms with Crippen LogP contribution in [-0.4, -0.2) is 43.1 Å². The Kier molecular flexibility index (Phi) is 4.37. The van der Waals surface area contributed by atoms with Gasteiger partial charge in [0.15, 0.2) is 0 Å². The van der Waals surface area contributed by atoms with Gasteiger partial charge in [0, 0.05) is 19.5 Å². The Labute approximate surface area is 153 Å². The molecular formula is C21H22N2O3. The molecule has 0 saturated carbocycles. The number of ether oxygens (including phenoxy) is 1. The summed E-state index contributed by atoms with van der Waals surface area (Å²) in [7, 11) is 1.59. The maximum Gasteiger partial charge on any atom is 0.410 e. The summed E-state index contributed by atoms with van der Waals surface area (Å²) in [6, 6.07) is 16.1. The summed E-state index contributed by atoms with van der Waals surface area (Å²) in [5, 5.41) is 2.63. The van der Waals surface area contributed by atoms with E-state index in [0.29, 0.717) is 13.0 Å². The van der Waals surface area contributed by atoms with Gasteiger partial charge in [-0.15, -0.1) is 0 Å². The van der Waals surface area contributed by atoms with Crippen molar-refractivity contribution in [3.8, 4) is 11.1 Å². The van der Waals surface area contributed by atoms with Crippen LogP contribution in [0, 0.1) is 0 Å². The van der Waals surface area contributed by atoms with Crippen LogP contribution in [0.5, 0.6) is 0 Å². The molecule has 0 radical (unpaired) electrons. The Bertz CT molecular complexity index is 803. The number of carbonyl (C=O) groups is 2. The predicted octanol–water partition coefficient (Wildman–Crippen LogP) is 3.15. The van der Waals surface area contributed by atoms with Crippen LogP contribution < -0.4 is 5.32 Å². The van der Waals surface area contributed by atoms with Crippen LogP contribution in [0.4, 0.5) is 4.79 Å². The molecule has 2 amide bonds. The lowest BCUT2D eigenvalue weighted by molar-refractivity contribution is -0.124. The molecule has 2 aromatic rings. The highest BCUT2D eigenvalue weighted by molar-refractivity contribution is 5.86. The fourth-order valence-electron chi connectivity index (χ4n) is 4.10. The summed E-state index contributed by atoms with van der Waals surface area (Å²) < 4.78 is 5.66. The summed E-state index contributed by atoms with van der Waals surface area (Å²) in [5.41, 5.74) is 4.78. The second kappa shape index (κ2) is 6.83. The second-order valence-corrected chi connectivity index (χ2v) is 6.77. The molecule has 5 heteroatoms. The number of fused-ring (bicyclic) bond motifs is 3. The number of likely N-dealkylation sites (tertiary alicyclic amines) is 1. The van der Waals surface area contributed by atoms with Gasteiger partial charge in [-0.25, -0.2) is 4.79 Å². The van der Waals surface area contributed by atoms with Crippen LogP contribution in [-0.2, 0) is 9.53 Å². The summed E-state index contributed by atoms with van der Waals surface area (Å²) in [5.74, 6) is -0.0941. The number of nitrogens with zero attached hydrogens (tertiary/aromatic N) is 1. The zero-order valence-corrected chi connectivity index (χ0v) is 14.8. The topological polar surface area (TPSA) is 58.6 Å². The third-order valence-corrected chi connectivity index (χ3v) is 5.37. The van der Waals surface area contributed by atoms with E-state index in [1.807, 2.05) is 24.3 Å². The van der Waals surface area contributed by atoms with Crippen molar-refractivity contribution in [1.29, 1.82) is 0 Å². The van der Waals surface area contributed by atoms with E-state index in [-0.39, 0.29) is 18.4 Å². The Morgan fingerprint density at radius 2 is 1.69 bits per heavy atom. The summed E-state index contributed by atoms with van der Waals surface area (Å²) >= 11 is 0. The van der Waals surface area contributed by atoms with Crippen LogP contribution in [0.2, 0.25) is 0 Å². The molecule has 1 unspecified atom stereocenters. The molecule has 4 rings (SSSR count). The normalized spacial score (nSPS) is 18.3. The van der Waals surface area contributed by atoms with Gasteiger partial charge < -0.3 is 10.1 Å². The van der Waals surface area contributed by atoms with E-state index < -0.39 is 12.1 Å². The molecule has 0 spiro atoms. The molecule has 0 bridgehead atoms.